The number of aliphatic hydroxyl groups is 1. The average Bonchev–Trinajstić information content (AvgIpc) is 2.51. The smallest absolute Gasteiger partial charge is 0.410 e. The van der Waals surface area contributed by atoms with Gasteiger partial charge in [0.05, 0.1) is 6.04 Å². The van der Waals surface area contributed by atoms with Crippen molar-refractivity contribution in [3.05, 3.63) is 0 Å². The van der Waals surface area contributed by atoms with E-state index in [1.807, 2.05) is 0 Å². The summed E-state index contributed by atoms with van der Waals surface area (Å²) in [5, 5.41) is 9.78. The van der Waals surface area contributed by atoms with Gasteiger partial charge < -0.3 is 9.84 Å². The third-order valence-corrected chi connectivity index (χ3v) is 3.28. The maximum Gasteiger partial charge on any atom is 0.410 e. The number of aliphatic hydroxyl groups excluding tert-OH is 1. The van der Waals surface area contributed by atoms with Gasteiger partial charge in [0.25, 0.3) is 0 Å². The van der Waals surface area contributed by atoms with Crippen molar-refractivity contribution < 1.29 is 19.4 Å². The first-order chi connectivity index (χ1) is 7.79. The van der Waals surface area contributed by atoms with E-state index in [-0.39, 0.29) is 18.2 Å². The third kappa shape index (κ3) is 2.29. The number of ketones is 1. The third-order valence-electron chi connectivity index (χ3n) is 3.28. The van der Waals surface area contributed by atoms with Gasteiger partial charge in [0.15, 0.2) is 5.78 Å². The van der Waals surface area contributed by atoms with Crippen LogP contribution in [0.25, 0.3) is 0 Å². The fraction of sp³-hybridized carbons (Fsp3) is 0.833. The van der Waals surface area contributed by atoms with Gasteiger partial charge in [0, 0.05) is 12.5 Å². The molecule has 0 aromatic carbocycles. The predicted octanol–water partition coefficient (Wildman–Crippen LogP) is 1.09. The monoisotopic (exact) mass is 241 g/mol. The highest BCUT2D eigenvalue weighted by Gasteiger charge is 2.49. The summed E-state index contributed by atoms with van der Waals surface area (Å²) in [5.74, 6) is -0.155. The summed E-state index contributed by atoms with van der Waals surface area (Å²) >= 11 is 0. The van der Waals surface area contributed by atoms with Crippen LogP contribution in [0.3, 0.4) is 0 Å². The van der Waals surface area contributed by atoms with Crippen LogP contribution in [0.1, 0.15) is 40.0 Å². The van der Waals surface area contributed by atoms with E-state index in [4.69, 9.17) is 4.74 Å². The van der Waals surface area contributed by atoms with Gasteiger partial charge in [-0.05, 0) is 33.6 Å². The second-order valence-electron chi connectivity index (χ2n) is 5.80. The van der Waals surface area contributed by atoms with E-state index in [0.717, 1.165) is 6.42 Å². The van der Waals surface area contributed by atoms with E-state index in [9.17, 15) is 14.7 Å². The number of ether oxygens (including phenoxy) is 1. The van der Waals surface area contributed by atoms with Gasteiger partial charge >= 0.3 is 6.09 Å². The zero-order valence-electron chi connectivity index (χ0n) is 10.5. The molecule has 2 saturated heterocycles. The minimum absolute atomic E-state index is 0.0919. The highest BCUT2D eigenvalue weighted by Crippen LogP contribution is 2.35. The molecule has 3 atom stereocenters. The molecule has 0 aromatic rings. The number of nitrogens with zero attached hydrogens (tertiary/aromatic N) is 1. The van der Waals surface area contributed by atoms with Gasteiger partial charge in [0.1, 0.15) is 11.7 Å². The van der Waals surface area contributed by atoms with Crippen LogP contribution in [-0.2, 0) is 9.53 Å². The molecular weight excluding hydrogens is 222 g/mol. The first kappa shape index (κ1) is 12.4. The van der Waals surface area contributed by atoms with Crippen LogP contribution in [0, 0.1) is 0 Å². The standard InChI is InChI=1S/C12H19NO4/c1-12(2,3)17-11(16)13-7-4-5-8(13)10(15)9(14)6-7/h7-8,10,15H,4-6H2,1-3H3/t7-,8+,10-/m1/s1. The number of rotatable bonds is 0. The zero-order valence-corrected chi connectivity index (χ0v) is 10.5. The Morgan fingerprint density at radius 1 is 1.41 bits per heavy atom. The molecule has 0 unspecified atom stereocenters. The summed E-state index contributed by atoms with van der Waals surface area (Å²) in [6, 6.07) is -0.484. The lowest BCUT2D eigenvalue weighted by atomic mass is 9.99. The second kappa shape index (κ2) is 3.98. The molecule has 0 radical (unpaired) electrons. The van der Waals surface area contributed by atoms with E-state index in [0.29, 0.717) is 6.42 Å². The highest BCUT2D eigenvalue weighted by molar-refractivity contribution is 5.87. The first-order valence-corrected chi connectivity index (χ1v) is 6.02. The number of fused-ring (bicyclic) bond motifs is 2. The van der Waals surface area contributed by atoms with Crippen LogP contribution in [0.2, 0.25) is 0 Å². The molecule has 96 valence electrons. The number of hydrogen-bond donors (Lipinski definition) is 1. The van der Waals surface area contributed by atoms with Crippen molar-refractivity contribution in [1.29, 1.82) is 0 Å². The number of Topliss-reactive ketones (excluding diaryl/α,β-unsaturated/α-hetero) is 1. The molecule has 5 heteroatoms. The van der Waals surface area contributed by atoms with Crippen LogP contribution in [0.15, 0.2) is 0 Å². The van der Waals surface area contributed by atoms with Gasteiger partial charge in [-0.25, -0.2) is 4.79 Å². The van der Waals surface area contributed by atoms with Crippen LogP contribution in [-0.4, -0.2) is 45.7 Å². The Labute approximate surface area is 101 Å². The molecule has 0 saturated carbocycles. The Morgan fingerprint density at radius 2 is 2.06 bits per heavy atom. The molecule has 1 N–H and O–H groups in total. The van der Waals surface area contributed by atoms with Crippen LogP contribution in [0.5, 0.6) is 0 Å². The van der Waals surface area contributed by atoms with E-state index in [2.05, 4.69) is 0 Å². The van der Waals surface area contributed by atoms with Crippen molar-refractivity contribution in [3.63, 3.8) is 0 Å². The molecular formula is C12H19NO4. The molecule has 2 fully saturated rings. The molecule has 5 nitrogen and oxygen atoms in total. The van der Waals surface area contributed by atoms with E-state index >= 15 is 0 Å². The van der Waals surface area contributed by atoms with Gasteiger partial charge in [-0.15, -0.1) is 0 Å². The zero-order chi connectivity index (χ0) is 12.8. The van der Waals surface area contributed by atoms with Gasteiger partial charge in [-0.1, -0.05) is 0 Å². The molecule has 0 aliphatic carbocycles. The first-order valence-electron chi connectivity index (χ1n) is 6.02. The summed E-state index contributed by atoms with van der Waals surface area (Å²) in [6.45, 7) is 5.41. The lowest BCUT2D eigenvalue weighted by Gasteiger charge is -2.37. The molecule has 1 amide bonds. The van der Waals surface area contributed by atoms with Crippen LogP contribution < -0.4 is 0 Å². The SMILES string of the molecule is CC(C)(C)OC(=O)N1[C@@H]2CC[C@H]1[C@@H](O)C(=O)C2. The minimum Gasteiger partial charge on any atom is -0.444 e. The van der Waals surface area contributed by atoms with Crippen LogP contribution in [0.4, 0.5) is 4.79 Å². The fourth-order valence-corrected chi connectivity index (χ4v) is 2.59. The maximum atomic E-state index is 12.0. The molecule has 2 aliphatic heterocycles. The topological polar surface area (TPSA) is 66.8 Å². The van der Waals surface area contributed by atoms with Crippen molar-refractivity contribution in [1.82, 2.24) is 4.90 Å². The average molecular weight is 241 g/mol. The minimum atomic E-state index is -1.04. The second-order valence-corrected chi connectivity index (χ2v) is 5.80. The Kier molecular flexibility index (Phi) is 2.89. The van der Waals surface area contributed by atoms with Crippen molar-refractivity contribution in [3.8, 4) is 0 Å². The normalized spacial score (nSPS) is 32.8. The molecule has 0 aromatic heterocycles. The lowest BCUT2D eigenvalue weighted by Crippen LogP contribution is -2.55. The molecule has 2 aliphatic rings. The summed E-state index contributed by atoms with van der Waals surface area (Å²) in [6.07, 6.45) is 0.235. The number of amides is 1. The molecule has 2 bridgehead atoms. The number of piperidine rings is 1. The Balaban J connectivity index is 2.12. The van der Waals surface area contributed by atoms with E-state index < -0.39 is 23.8 Å². The fourth-order valence-electron chi connectivity index (χ4n) is 2.59. The molecule has 17 heavy (non-hydrogen) atoms. The molecule has 2 heterocycles. The van der Waals surface area contributed by atoms with Gasteiger partial charge in [-0.3, -0.25) is 9.69 Å². The van der Waals surface area contributed by atoms with E-state index in [1.54, 1.807) is 25.7 Å². The lowest BCUT2D eigenvalue weighted by molar-refractivity contribution is -0.135. The van der Waals surface area contributed by atoms with E-state index in [1.165, 1.54) is 0 Å². The number of hydrogen-bond acceptors (Lipinski definition) is 4. The summed E-state index contributed by atoms with van der Waals surface area (Å²) in [4.78, 5) is 25.0. The van der Waals surface area contributed by atoms with Crippen molar-refractivity contribution >= 4 is 11.9 Å². The summed E-state index contributed by atoms with van der Waals surface area (Å²) in [5.41, 5.74) is -0.553. The summed E-state index contributed by atoms with van der Waals surface area (Å²) in [7, 11) is 0. The van der Waals surface area contributed by atoms with Crippen molar-refractivity contribution in [2.45, 2.75) is 63.8 Å². The Bertz CT molecular complexity index is 347. The van der Waals surface area contributed by atoms with Crippen molar-refractivity contribution in [2.24, 2.45) is 0 Å². The van der Waals surface area contributed by atoms with Crippen molar-refractivity contribution in [2.75, 3.05) is 0 Å². The predicted molar refractivity (Wildman–Crippen MR) is 60.5 cm³/mol. The Morgan fingerprint density at radius 3 is 2.65 bits per heavy atom. The molecule has 0 spiro atoms. The largest absolute Gasteiger partial charge is 0.444 e. The van der Waals surface area contributed by atoms with Crippen LogP contribution >= 0.6 is 0 Å². The number of carbonyl (C=O) groups is 2. The van der Waals surface area contributed by atoms with Gasteiger partial charge in [-0.2, -0.15) is 0 Å². The Hall–Kier alpha value is -1.10. The maximum absolute atomic E-state index is 12.0. The highest BCUT2D eigenvalue weighted by atomic mass is 16.6. The summed E-state index contributed by atoms with van der Waals surface area (Å²) < 4.78 is 5.31. The number of carbonyl (C=O) groups excluding carboxylic acids is 2. The quantitative estimate of drug-likeness (QED) is 0.689. The molecule has 2 rings (SSSR count). The van der Waals surface area contributed by atoms with Gasteiger partial charge in [0.2, 0.25) is 0 Å².